The van der Waals surface area contributed by atoms with Gasteiger partial charge in [0.15, 0.2) is 5.56 Å². The summed E-state index contributed by atoms with van der Waals surface area (Å²) in [7, 11) is 5.21. The summed E-state index contributed by atoms with van der Waals surface area (Å²) in [6.07, 6.45) is 0. The first kappa shape index (κ1) is 17.3. The highest BCUT2D eigenvalue weighted by atomic mass is 16.5. The molecule has 2 aromatic carbocycles. The summed E-state index contributed by atoms with van der Waals surface area (Å²) in [4.78, 5) is 14.2. The van der Waals surface area contributed by atoms with Gasteiger partial charge < -0.3 is 14.1 Å². The standard InChI is InChI=1S/C21H18N2O3/c1-23(2)19-17(13-22)21(24)26-20(15-7-5-4-6-8-15)18(19)14-9-11-16(25-3)12-10-14/h4-12H,1-3H3. The fourth-order valence-electron chi connectivity index (χ4n) is 2.89. The summed E-state index contributed by atoms with van der Waals surface area (Å²) in [6, 6.07) is 18.8. The van der Waals surface area contributed by atoms with E-state index in [1.54, 1.807) is 26.1 Å². The van der Waals surface area contributed by atoms with Gasteiger partial charge >= 0.3 is 5.63 Å². The number of anilines is 1. The van der Waals surface area contributed by atoms with Crippen molar-refractivity contribution in [2.75, 3.05) is 26.1 Å². The van der Waals surface area contributed by atoms with Gasteiger partial charge in [-0.2, -0.15) is 5.26 Å². The second-order valence-electron chi connectivity index (χ2n) is 5.92. The molecule has 0 aliphatic heterocycles. The van der Waals surface area contributed by atoms with Crippen LogP contribution in [0.1, 0.15) is 5.56 Å². The number of nitrogens with zero attached hydrogens (tertiary/aromatic N) is 2. The molecule has 0 atom stereocenters. The van der Waals surface area contributed by atoms with Gasteiger partial charge in [0.25, 0.3) is 0 Å². The van der Waals surface area contributed by atoms with Crippen molar-refractivity contribution in [2.45, 2.75) is 0 Å². The largest absolute Gasteiger partial charge is 0.497 e. The van der Waals surface area contributed by atoms with Gasteiger partial charge in [0.05, 0.1) is 18.4 Å². The van der Waals surface area contributed by atoms with Gasteiger partial charge in [0.1, 0.15) is 17.6 Å². The molecular formula is C21H18N2O3. The number of methoxy groups -OCH3 is 1. The Morgan fingerprint density at radius 1 is 1.00 bits per heavy atom. The Hall–Kier alpha value is -3.52. The third-order valence-corrected chi connectivity index (χ3v) is 4.07. The lowest BCUT2D eigenvalue weighted by atomic mass is 9.96. The van der Waals surface area contributed by atoms with Crippen molar-refractivity contribution < 1.29 is 9.15 Å². The van der Waals surface area contributed by atoms with Crippen LogP contribution in [-0.2, 0) is 0 Å². The quantitative estimate of drug-likeness (QED) is 0.716. The fraction of sp³-hybridized carbons (Fsp3) is 0.143. The SMILES string of the molecule is COc1ccc(-c2c(-c3ccccc3)oc(=O)c(C#N)c2N(C)C)cc1. The minimum absolute atomic E-state index is 0.0134. The molecule has 5 nitrogen and oxygen atoms in total. The minimum Gasteiger partial charge on any atom is -0.497 e. The van der Waals surface area contributed by atoms with Crippen molar-refractivity contribution in [3.05, 3.63) is 70.6 Å². The smallest absolute Gasteiger partial charge is 0.356 e. The Balaban J connectivity index is 2.41. The lowest BCUT2D eigenvalue weighted by Crippen LogP contribution is -2.18. The van der Waals surface area contributed by atoms with Crippen LogP contribution in [0.5, 0.6) is 5.75 Å². The van der Waals surface area contributed by atoms with Gasteiger partial charge in [-0.3, -0.25) is 0 Å². The number of benzene rings is 2. The maximum Gasteiger partial charge on any atom is 0.356 e. The third kappa shape index (κ3) is 3.05. The highest BCUT2D eigenvalue weighted by molar-refractivity contribution is 5.91. The fourth-order valence-corrected chi connectivity index (χ4v) is 2.89. The zero-order valence-electron chi connectivity index (χ0n) is 14.8. The molecule has 0 saturated heterocycles. The van der Waals surface area contributed by atoms with Gasteiger partial charge in [0, 0.05) is 19.7 Å². The van der Waals surface area contributed by atoms with Gasteiger partial charge in [-0.25, -0.2) is 4.79 Å². The Morgan fingerprint density at radius 2 is 1.65 bits per heavy atom. The Kier molecular flexibility index (Phi) is 4.76. The number of rotatable bonds is 4. The molecule has 1 heterocycles. The predicted molar refractivity (Wildman–Crippen MR) is 101 cm³/mol. The summed E-state index contributed by atoms with van der Waals surface area (Å²) in [5, 5.41) is 9.51. The molecular weight excluding hydrogens is 328 g/mol. The van der Waals surface area contributed by atoms with E-state index < -0.39 is 5.63 Å². The van der Waals surface area contributed by atoms with Crippen LogP contribution in [0.2, 0.25) is 0 Å². The van der Waals surface area contributed by atoms with Crippen LogP contribution in [0.25, 0.3) is 22.5 Å². The van der Waals surface area contributed by atoms with Gasteiger partial charge in [-0.1, -0.05) is 42.5 Å². The number of hydrogen-bond acceptors (Lipinski definition) is 5. The summed E-state index contributed by atoms with van der Waals surface area (Å²) in [5.41, 5.74) is 2.16. The summed E-state index contributed by atoms with van der Waals surface area (Å²) in [5.74, 6) is 1.16. The second-order valence-corrected chi connectivity index (χ2v) is 5.92. The van der Waals surface area contributed by atoms with Crippen LogP contribution < -0.4 is 15.3 Å². The van der Waals surface area contributed by atoms with Gasteiger partial charge in [-0.05, 0) is 17.7 Å². The number of ether oxygens (including phenoxy) is 1. The van der Waals surface area contributed by atoms with E-state index >= 15 is 0 Å². The molecule has 0 radical (unpaired) electrons. The first-order chi connectivity index (χ1) is 12.6. The van der Waals surface area contributed by atoms with E-state index in [1.807, 2.05) is 60.7 Å². The molecule has 26 heavy (non-hydrogen) atoms. The average Bonchev–Trinajstić information content (AvgIpc) is 2.67. The lowest BCUT2D eigenvalue weighted by Gasteiger charge is -2.21. The molecule has 0 bridgehead atoms. The van der Waals surface area contributed by atoms with Crippen molar-refractivity contribution in [2.24, 2.45) is 0 Å². The molecule has 5 heteroatoms. The van der Waals surface area contributed by atoms with Crippen LogP contribution in [0.4, 0.5) is 5.69 Å². The predicted octanol–water partition coefficient (Wildman–Crippen LogP) is 3.92. The highest BCUT2D eigenvalue weighted by Gasteiger charge is 2.23. The van der Waals surface area contributed by atoms with Gasteiger partial charge in [-0.15, -0.1) is 0 Å². The van der Waals surface area contributed by atoms with Crippen LogP contribution in [0, 0.1) is 11.3 Å². The van der Waals surface area contributed by atoms with E-state index in [9.17, 15) is 10.1 Å². The van der Waals surface area contributed by atoms with E-state index in [4.69, 9.17) is 9.15 Å². The van der Waals surface area contributed by atoms with E-state index in [1.165, 1.54) is 0 Å². The van der Waals surface area contributed by atoms with Crippen molar-refractivity contribution in [1.29, 1.82) is 5.26 Å². The van der Waals surface area contributed by atoms with Crippen LogP contribution >= 0.6 is 0 Å². The van der Waals surface area contributed by atoms with Crippen LogP contribution in [0.3, 0.4) is 0 Å². The maximum atomic E-state index is 12.4. The molecule has 130 valence electrons. The van der Waals surface area contributed by atoms with Crippen molar-refractivity contribution in [3.8, 4) is 34.3 Å². The second kappa shape index (κ2) is 7.16. The van der Waals surface area contributed by atoms with Crippen molar-refractivity contribution >= 4 is 5.69 Å². The summed E-state index contributed by atoms with van der Waals surface area (Å²) < 4.78 is 10.8. The first-order valence-electron chi connectivity index (χ1n) is 8.05. The minimum atomic E-state index is -0.646. The Bertz CT molecular complexity index is 1010. The summed E-state index contributed by atoms with van der Waals surface area (Å²) >= 11 is 0. The Labute approximate surface area is 151 Å². The topological polar surface area (TPSA) is 66.5 Å². The van der Waals surface area contributed by atoms with Crippen LogP contribution in [-0.4, -0.2) is 21.2 Å². The van der Waals surface area contributed by atoms with E-state index in [-0.39, 0.29) is 5.56 Å². The number of nitriles is 1. The highest BCUT2D eigenvalue weighted by Crippen LogP contribution is 2.40. The Morgan fingerprint density at radius 3 is 2.19 bits per heavy atom. The molecule has 0 aliphatic rings. The molecule has 3 rings (SSSR count). The molecule has 1 aromatic heterocycles. The zero-order valence-corrected chi connectivity index (χ0v) is 14.8. The molecule has 0 N–H and O–H groups in total. The average molecular weight is 346 g/mol. The van der Waals surface area contributed by atoms with Crippen molar-refractivity contribution in [3.63, 3.8) is 0 Å². The lowest BCUT2D eigenvalue weighted by molar-refractivity contribution is 0.415. The third-order valence-electron chi connectivity index (χ3n) is 4.07. The van der Waals surface area contributed by atoms with E-state index in [2.05, 4.69) is 0 Å². The van der Waals surface area contributed by atoms with E-state index in [0.29, 0.717) is 17.0 Å². The van der Waals surface area contributed by atoms with E-state index in [0.717, 1.165) is 16.9 Å². The first-order valence-corrected chi connectivity index (χ1v) is 8.05. The van der Waals surface area contributed by atoms with Crippen LogP contribution in [0.15, 0.2) is 63.8 Å². The molecule has 0 spiro atoms. The summed E-state index contributed by atoms with van der Waals surface area (Å²) in [6.45, 7) is 0. The molecule has 0 amide bonds. The molecule has 0 unspecified atom stereocenters. The van der Waals surface area contributed by atoms with Crippen molar-refractivity contribution in [1.82, 2.24) is 0 Å². The molecule has 0 fully saturated rings. The van der Waals surface area contributed by atoms with Gasteiger partial charge in [0.2, 0.25) is 0 Å². The maximum absolute atomic E-state index is 12.4. The monoisotopic (exact) mass is 346 g/mol. The molecule has 0 aliphatic carbocycles. The molecule has 3 aromatic rings. The normalized spacial score (nSPS) is 10.2. The molecule has 0 saturated carbocycles. The zero-order chi connectivity index (χ0) is 18.7. The number of hydrogen-bond donors (Lipinski definition) is 0.